The van der Waals surface area contributed by atoms with E-state index in [4.69, 9.17) is 4.74 Å². The number of methoxy groups -OCH3 is 1. The lowest BCUT2D eigenvalue weighted by molar-refractivity contribution is -0.117. The van der Waals surface area contributed by atoms with E-state index in [2.05, 4.69) is 10.4 Å². The number of hydrogen-bond acceptors (Lipinski definition) is 4. The molecular formula is C16H20N4O3. The number of anilines is 1. The van der Waals surface area contributed by atoms with Crippen LogP contribution < -0.4 is 15.7 Å². The number of benzene rings is 1. The molecule has 122 valence electrons. The van der Waals surface area contributed by atoms with Gasteiger partial charge in [-0.15, -0.1) is 0 Å². The molecule has 1 aliphatic heterocycles. The minimum Gasteiger partial charge on any atom is -0.497 e. The Bertz CT molecular complexity index is 746. The van der Waals surface area contributed by atoms with Crippen LogP contribution in [0, 0.1) is 0 Å². The van der Waals surface area contributed by atoms with Crippen LogP contribution in [0.2, 0.25) is 0 Å². The fourth-order valence-electron chi connectivity index (χ4n) is 2.74. The van der Waals surface area contributed by atoms with Crippen molar-refractivity contribution in [2.24, 2.45) is 0 Å². The summed E-state index contributed by atoms with van der Waals surface area (Å²) in [5.41, 5.74) is 0.455. The predicted octanol–water partition coefficient (Wildman–Crippen LogP) is 1.42. The summed E-state index contributed by atoms with van der Waals surface area (Å²) >= 11 is 0. The summed E-state index contributed by atoms with van der Waals surface area (Å²) in [5, 5.41) is 7.06. The molecule has 3 rings (SSSR count). The van der Waals surface area contributed by atoms with E-state index in [1.165, 1.54) is 4.68 Å². The molecule has 1 amide bonds. The van der Waals surface area contributed by atoms with Crippen LogP contribution in [-0.4, -0.2) is 27.4 Å². The number of aryl methyl sites for hydroxylation is 1. The number of fused-ring (bicyclic) bond motifs is 1. The lowest BCUT2D eigenvalue weighted by atomic mass is 10.2. The van der Waals surface area contributed by atoms with E-state index >= 15 is 0 Å². The largest absolute Gasteiger partial charge is 0.497 e. The second-order valence-corrected chi connectivity index (χ2v) is 5.60. The number of amides is 1. The van der Waals surface area contributed by atoms with Gasteiger partial charge in [0.15, 0.2) is 0 Å². The van der Waals surface area contributed by atoms with Gasteiger partial charge in [0.05, 0.1) is 7.11 Å². The van der Waals surface area contributed by atoms with E-state index in [1.54, 1.807) is 35.9 Å². The molecule has 0 bridgehead atoms. The molecule has 0 aliphatic carbocycles. The van der Waals surface area contributed by atoms with Crippen molar-refractivity contribution < 1.29 is 9.53 Å². The molecule has 0 atom stereocenters. The summed E-state index contributed by atoms with van der Waals surface area (Å²) in [7, 11) is 1.59. The maximum atomic E-state index is 12.3. The molecule has 0 saturated heterocycles. The SMILES string of the molecule is COc1ccc(NC(=O)Cn2nc3n(c2=O)CCCCC3)cc1. The summed E-state index contributed by atoms with van der Waals surface area (Å²) in [4.78, 5) is 24.4. The number of rotatable bonds is 4. The Morgan fingerprint density at radius 3 is 2.78 bits per heavy atom. The molecule has 1 aromatic heterocycles. The van der Waals surface area contributed by atoms with E-state index in [9.17, 15) is 9.59 Å². The van der Waals surface area contributed by atoms with Crippen molar-refractivity contribution in [1.29, 1.82) is 0 Å². The fraction of sp³-hybridized carbons (Fsp3) is 0.438. The monoisotopic (exact) mass is 316 g/mol. The molecule has 0 saturated carbocycles. The number of aromatic nitrogens is 3. The Labute approximate surface area is 133 Å². The lowest BCUT2D eigenvalue weighted by Gasteiger charge is -2.06. The second-order valence-electron chi connectivity index (χ2n) is 5.60. The Hall–Kier alpha value is -2.57. The molecule has 2 aromatic rings. The van der Waals surface area contributed by atoms with E-state index in [1.807, 2.05) is 0 Å². The molecule has 1 N–H and O–H groups in total. The fourth-order valence-corrected chi connectivity index (χ4v) is 2.74. The Kier molecular flexibility index (Phi) is 4.45. The number of carbonyl (C=O) groups excluding carboxylic acids is 1. The van der Waals surface area contributed by atoms with Gasteiger partial charge in [0.25, 0.3) is 0 Å². The molecule has 7 nitrogen and oxygen atoms in total. The Morgan fingerprint density at radius 1 is 1.26 bits per heavy atom. The summed E-state index contributed by atoms with van der Waals surface area (Å²) in [6.45, 7) is 0.610. The highest BCUT2D eigenvalue weighted by atomic mass is 16.5. The van der Waals surface area contributed by atoms with Crippen LogP contribution in [-0.2, 0) is 24.3 Å². The van der Waals surface area contributed by atoms with Gasteiger partial charge in [0.1, 0.15) is 18.1 Å². The number of ether oxygens (including phenoxy) is 1. The Balaban J connectivity index is 1.69. The Morgan fingerprint density at radius 2 is 2.04 bits per heavy atom. The van der Waals surface area contributed by atoms with Crippen LogP contribution in [0.5, 0.6) is 5.75 Å². The third-order valence-corrected chi connectivity index (χ3v) is 3.95. The van der Waals surface area contributed by atoms with Gasteiger partial charge in [-0.25, -0.2) is 9.48 Å². The molecule has 0 spiro atoms. The summed E-state index contributed by atoms with van der Waals surface area (Å²) in [5.74, 6) is 1.23. The summed E-state index contributed by atoms with van der Waals surface area (Å²) in [6.07, 6.45) is 3.92. The third kappa shape index (κ3) is 3.44. The smallest absolute Gasteiger partial charge is 0.346 e. The zero-order chi connectivity index (χ0) is 16.2. The first-order valence-corrected chi connectivity index (χ1v) is 7.78. The van der Waals surface area contributed by atoms with Crippen LogP contribution in [0.4, 0.5) is 5.69 Å². The molecule has 23 heavy (non-hydrogen) atoms. The van der Waals surface area contributed by atoms with Crippen molar-refractivity contribution in [3.05, 3.63) is 40.6 Å². The van der Waals surface area contributed by atoms with Crippen molar-refractivity contribution >= 4 is 11.6 Å². The van der Waals surface area contributed by atoms with Crippen molar-refractivity contribution in [3.8, 4) is 5.75 Å². The second kappa shape index (κ2) is 6.68. The molecule has 1 aromatic carbocycles. The van der Waals surface area contributed by atoms with Gasteiger partial charge >= 0.3 is 5.69 Å². The molecule has 2 heterocycles. The first-order chi connectivity index (χ1) is 11.2. The normalized spacial score (nSPS) is 14.0. The topological polar surface area (TPSA) is 78.2 Å². The van der Waals surface area contributed by atoms with Gasteiger partial charge in [-0.1, -0.05) is 6.42 Å². The van der Waals surface area contributed by atoms with Crippen molar-refractivity contribution in [3.63, 3.8) is 0 Å². The van der Waals surface area contributed by atoms with Crippen molar-refractivity contribution in [2.45, 2.75) is 38.8 Å². The average Bonchev–Trinajstić information content (AvgIpc) is 2.73. The molecule has 0 unspecified atom stereocenters. The number of carbonyl (C=O) groups is 1. The molecule has 7 heteroatoms. The quantitative estimate of drug-likeness (QED) is 0.925. The van der Waals surface area contributed by atoms with E-state index < -0.39 is 0 Å². The first kappa shape index (κ1) is 15.3. The zero-order valence-electron chi connectivity index (χ0n) is 13.1. The number of nitrogens with one attached hydrogen (secondary N) is 1. The number of hydrogen-bond donors (Lipinski definition) is 1. The van der Waals surface area contributed by atoms with Gasteiger partial charge in [-0.3, -0.25) is 9.36 Å². The van der Waals surface area contributed by atoms with Gasteiger partial charge in [-0.2, -0.15) is 5.10 Å². The van der Waals surface area contributed by atoms with Crippen LogP contribution in [0.1, 0.15) is 25.1 Å². The molecule has 1 aliphatic rings. The highest BCUT2D eigenvalue weighted by Gasteiger charge is 2.17. The molecule has 0 radical (unpaired) electrons. The molecule has 0 fully saturated rings. The van der Waals surface area contributed by atoms with Crippen molar-refractivity contribution in [2.75, 3.05) is 12.4 Å². The standard InChI is InChI=1S/C16H20N4O3/c1-23-13-8-6-12(7-9-13)17-15(21)11-20-16(22)19-10-4-2-3-5-14(19)18-20/h6-9H,2-5,10-11H2,1H3,(H,17,21). The van der Waals surface area contributed by atoms with Crippen LogP contribution in [0.15, 0.2) is 29.1 Å². The van der Waals surface area contributed by atoms with Gasteiger partial charge in [0, 0.05) is 18.7 Å². The van der Waals surface area contributed by atoms with Crippen LogP contribution >= 0.6 is 0 Å². The molecular weight excluding hydrogens is 296 g/mol. The maximum Gasteiger partial charge on any atom is 0.346 e. The maximum absolute atomic E-state index is 12.3. The van der Waals surface area contributed by atoms with Crippen LogP contribution in [0.25, 0.3) is 0 Å². The van der Waals surface area contributed by atoms with Gasteiger partial charge < -0.3 is 10.1 Å². The minimum absolute atomic E-state index is 0.0785. The van der Waals surface area contributed by atoms with Crippen LogP contribution in [0.3, 0.4) is 0 Å². The first-order valence-electron chi connectivity index (χ1n) is 7.78. The van der Waals surface area contributed by atoms with E-state index in [0.717, 1.165) is 37.3 Å². The highest BCUT2D eigenvalue weighted by Crippen LogP contribution is 2.15. The highest BCUT2D eigenvalue weighted by molar-refractivity contribution is 5.90. The van der Waals surface area contributed by atoms with Gasteiger partial charge in [0.2, 0.25) is 5.91 Å². The van der Waals surface area contributed by atoms with Crippen molar-refractivity contribution in [1.82, 2.24) is 14.3 Å². The average molecular weight is 316 g/mol. The number of nitrogens with zero attached hydrogens (tertiary/aromatic N) is 3. The van der Waals surface area contributed by atoms with E-state index in [-0.39, 0.29) is 18.1 Å². The predicted molar refractivity (Wildman–Crippen MR) is 85.7 cm³/mol. The zero-order valence-corrected chi connectivity index (χ0v) is 13.1. The van der Waals surface area contributed by atoms with E-state index in [0.29, 0.717) is 12.2 Å². The third-order valence-electron chi connectivity index (χ3n) is 3.95. The van der Waals surface area contributed by atoms with Gasteiger partial charge in [-0.05, 0) is 37.1 Å². The summed E-state index contributed by atoms with van der Waals surface area (Å²) < 4.78 is 8.01. The summed E-state index contributed by atoms with van der Waals surface area (Å²) in [6, 6.07) is 7.03. The lowest BCUT2D eigenvalue weighted by Crippen LogP contribution is -2.30. The minimum atomic E-state index is -0.273.